The summed E-state index contributed by atoms with van der Waals surface area (Å²) in [5.74, 6) is -0.930. The Labute approximate surface area is 177 Å². The number of aromatic nitrogens is 2. The van der Waals surface area contributed by atoms with Gasteiger partial charge < -0.3 is 14.7 Å². The number of halogens is 2. The van der Waals surface area contributed by atoms with E-state index in [2.05, 4.69) is 15.5 Å². The maximum Gasteiger partial charge on any atom is 0.251 e. The molecule has 1 aromatic heterocycles. The van der Waals surface area contributed by atoms with Crippen LogP contribution in [0.25, 0.3) is 0 Å². The van der Waals surface area contributed by atoms with E-state index in [1.165, 1.54) is 30.3 Å². The highest BCUT2D eigenvalue weighted by Crippen LogP contribution is 2.27. The van der Waals surface area contributed by atoms with Crippen molar-refractivity contribution in [3.8, 4) is 0 Å². The third-order valence-corrected chi connectivity index (χ3v) is 5.18. The molecule has 0 aliphatic carbocycles. The highest BCUT2D eigenvalue weighted by atomic mass is 19.1. The van der Waals surface area contributed by atoms with E-state index in [-0.39, 0.29) is 42.1 Å². The molecule has 2 heterocycles. The minimum absolute atomic E-state index is 0.0126. The Hall–Kier alpha value is -3.62. The van der Waals surface area contributed by atoms with E-state index in [1.54, 1.807) is 24.0 Å². The molecule has 2 aromatic carbocycles. The van der Waals surface area contributed by atoms with Gasteiger partial charge in [-0.05, 0) is 42.3 Å². The average Bonchev–Trinajstić information content (AvgIpc) is 3.37. The SMILES string of the molecule is Cc1ccc(C(=O)NCc2nc(C3CC(=O)N(Cc4ccc(F)cc4)C3)no2)cc1F. The van der Waals surface area contributed by atoms with Gasteiger partial charge in [-0.2, -0.15) is 4.98 Å². The van der Waals surface area contributed by atoms with E-state index < -0.39 is 11.7 Å². The molecule has 160 valence electrons. The number of benzene rings is 2. The van der Waals surface area contributed by atoms with Crippen molar-refractivity contribution in [3.63, 3.8) is 0 Å². The monoisotopic (exact) mass is 426 g/mol. The van der Waals surface area contributed by atoms with Crippen LogP contribution in [0, 0.1) is 18.6 Å². The summed E-state index contributed by atoms with van der Waals surface area (Å²) >= 11 is 0. The summed E-state index contributed by atoms with van der Waals surface area (Å²) in [5.41, 5.74) is 1.48. The van der Waals surface area contributed by atoms with Gasteiger partial charge in [0.05, 0.1) is 6.54 Å². The number of carbonyl (C=O) groups excluding carboxylic acids is 2. The molecule has 1 atom stereocenters. The molecule has 0 spiro atoms. The van der Waals surface area contributed by atoms with E-state index in [0.29, 0.717) is 24.5 Å². The Morgan fingerprint density at radius 3 is 2.74 bits per heavy atom. The van der Waals surface area contributed by atoms with E-state index in [4.69, 9.17) is 4.52 Å². The summed E-state index contributed by atoms with van der Waals surface area (Å²) < 4.78 is 31.9. The molecule has 0 bridgehead atoms. The summed E-state index contributed by atoms with van der Waals surface area (Å²) in [6.07, 6.45) is 0.245. The molecule has 1 saturated heterocycles. The first kappa shape index (κ1) is 20.6. The smallest absolute Gasteiger partial charge is 0.251 e. The second-order valence-electron chi connectivity index (χ2n) is 7.49. The molecule has 7 nitrogen and oxygen atoms in total. The Morgan fingerprint density at radius 1 is 1.23 bits per heavy atom. The van der Waals surface area contributed by atoms with Gasteiger partial charge in [-0.25, -0.2) is 8.78 Å². The molecular weight excluding hydrogens is 406 g/mol. The first-order chi connectivity index (χ1) is 14.9. The number of nitrogens with one attached hydrogen (secondary N) is 1. The highest BCUT2D eigenvalue weighted by molar-refractivity contribution is 5.94. The lowest BCUT2D eigenvalue weighted by molar-refractivity contribution is -0.128. The largest absolute Gasteiger partial charge is 0.343 e. The van der Waals surface area contributed by atoms with E-state index in [0.717, 1.165) is 5.56 Å². The molecule has 1 aliphatic heterocycles. The second kappa shape index (κ2) is 8.63. The standard InChI is InChI=1S/C22H20F2N4O3/c1-13-2-5-15(8-18(13)24)22(30)25-10-19-26-21(27-31-19)16-9-20(29)28(12-16)11-14-3-6-17(23)7-4-14/h2-8,16H,9-12H2,1H3,(H,25,30). The number of aryl methyl sites for hydroxylation is 1. The van der Waals surface area contributed by atoms with Crippen LogP contribution in [0.2, 0.25) is 0 Å². The normalized spacial score (nSPS) is 16.0. The first-order valence-electron chi connectivity index (χ1n) is 9.78. The van der Waals surface area contributed by atoms with Crippen LogP contribution in [0.15, 0.2) is 47.0 Å². The number of hydrogen-bond acceptors (Lipinski definition) is 5. The molecule has 0 saturated carbocycles. The van der Waals surface area contributed by atoms with Gasteiger partial charge in [0, 0.05) is 31.0 Å². The van der Waals surface area contributed by atoms with Crippen molar-refractivity contribution in [2.24, 2.45) is 0 Å². The zero-order valence-electron chi connectivity index (χ0n) is 16.8. The molecule has 0 radical (unpaired) electrons. The topological polar surface area (TPSA) is 88.3 Å². The van der Waals surface area contributed by atoms with E-state index in [9.17, 15) is 18.4 Å². The summed E-state index contributed by atoms with van der Waals surface area (Å²) in [6, 6.07) is 10.2. The molecule has 1 N–H and O–H groups in total. The molecule has 1 fully saturated rings. The van der Waals surface area contributed by atoms with Crippen molar-refractivity contribution >= 4 is 11.8 Å². The van der Waals surface area contributed by atoms with Gasteiger partial charge in [0.2, 0.25) is 11.8 Å². The zero-order valence-corrected chi connectivity index (χ0v) is 16.8. The number of nitrogens with zero attached hydrogens (tertiary/aromatic N) is 3. The number of rotatable bonds is 6. The molecular formula is C22H20F2N4O3. The molecule has 3 aromatic rings. The summed E-state index contributed by atoms with van der Waals surface area (Å²) in [5, 5.41) is 6.55. The molecule has 31 heavy (non-hydrogen) atoms. The van der Waals surface area contributed by atoms with Crippen molar-refractivity contribution in [2.45, 2.75) is 32.4 Å². The van der Waals surface area contributed by atoms with Crippen LogP contribution in [-0.2, 0) is 17.9 Å². The van der Waals surface area contributed by atoms with Crippen LogP contribution in [-0.4, -0.2) is 33.4 Å². The molecule has 4 rings (SSSR count). The van der Waals surface area contributed by atoms with Crippen LogP contribution >= 0.6 is 0 Å². The molecule has 1 unspecified atom stereocenters. The average molecular weight is 426 g/mol. The lowest BCUT2D eigenvalue weighted by atomic mass is 10.1. The van der Waals surface area contributed by atoms with Crippen LogP contribution in [0.5, 0.6) is 0 Å². The van der Waals surface area contributed by atoms with Crippen LogP contribution in [0.3, 0.4) is 0 Å². The van der Waals surface area contributed by atoms with E-state index >= 15 is 0 Å². The Balaban J connectivity index is 1.34. The number of amides is 2. The number of likely N-dealkylation sites (tertiary alicyclic amines) is 1. The number of hydrogen-bond donors (Lipinski definition) is 1. The second-order valence-corrected chi connectivity index (χ2v) is 7.49. The Morgan fingerprint density at radius 2 is 2.00 bits per heavy atom. The van der Waals surface area contributed by atoms with Crippen LogP contribution in [0.4, 0.5) is 8.78 Å². The van der Waals surface area contributed by atoms with Crippen LogP contribution in [0.1, 0.15) is 45.5 Å². The fourth-order valence-electron chi connectivity index (χ4n) is 3.41. The molecule has 9 heteroatoms. The van der Waals surface area contributed by atoms with Gasteiger partial charge in [0.15, 0.2) is 5.82 Å². The van der Waals surface area contributed by atoms with Gasteiger partial charge in [-0.15, -0.1) is 0 Å². The highest BCUT2D eigenvalue weighted by Gasteiger charge is 2.33. The minimum atomic E-state index is -0.458. The van der Waals surface area contributed by atoms with Gasteiger partial charge in [-0.3, -0.25) is 9.59 Å². The minimum Gasteiger partial charge on any atom is -0.343 e. The lowest BCUT2D eigenvalue weighted by Gasteiger charge is -2.16. The fourth-order valence-corrected chi connectivity index (χ4v) is 3.41. The maximum absolute atomic E-state index is 13.6. The van der Waals surface area contributed by atoms with Crippen molar-refractivity contribution in [3.05, 3.63) is 82.5 Å². The predicted octanol–water partition coefficient (Wildman–Crippen LogP) is 3.10. The maximum atomic E-state index is 13.6. The van der Waals surface area contributed by atoms with Crippen molar-refractivity contribution in [1.82, 2.24) is 20.4 Å². The summed E-state index contributed by atoms with van der Waals surface area (Å²) in [4.78, 5) is 30.5. The molecule has 1 aliphatic rings. The van der Waals surface area contributed by atoms with Crippen LogP contribution < -0.4 is 5.32 Å². The van der Waals surface area contributed by atoms with Gasteiger partial charge in [0.25, 0.3) is 5.91 Å². The first-order valence-corrected chi connectivity index (χ1v) is 9.78. The van der Waals surface area contributed by atoms with E-state index in [1.807, 2.05) is 0 Å². The molecule has 2 amide bonds. The van der Waals surface area contributed by atoms with Crippen molar-refractivity contribution in [2.75, 3.05) is 6.54 Å². The zero-order chi connectivity index (χ0) is 22.0. The quantitative estimate of drug-likeness (QED) is 0.654. The Kier molecular flexibility index (Phi) is 5.75. The third-order valence-electron chi connectivity index (χ3n) is 5.18. The summed E-state index contributed by atoms with van der Waals surface area (Å²) in [6.45, 7) is 2.40. The fraction of sp³-hybridized carbons (Fsp3) is 0.273. The number of carbonyl (C=O) groups is 2. The Bertz CT molecular complexity index is 1110. The summed E-state index contributed by atoms with van der Waals surface area (Å²) in [7, 11) is 0. The van der Waals surface area contributed by atoms with Gasteiger partial charge >= 0.3 is 0 Å². The van der Waals surface area contributed by atoms with Crippen molar-refractivity contribution < 1.29 is 22.9 Å². The van der Waals surface area contributed by atoms with Gasteiger partial charge in [-0.1, -0.05) is 23.4 Å². The lowest BCUT2D eigenvalue weighted by Crippen LogP contribution is -2.24. The van der Waals surface area contributed by atoms with Gasteiger partial charge in [0.1, 0.15) is 11.6 Å². The van der Waals surface area contributed by atoms with Crippen molar-refractivity contribution in [1.29, 1.82) is 0 Å². The predicted molar refractivity (Wildman–Crippen MR) is 106 cm³/mol. The third kappa shape index (κ3) is 4.76.